The fourth-order valence-corrected chi connectivity index (χ4v) is 3.27. The number of ether oxygens (including phenoxy) is 1. The molecule has 0 radical (unpaired) electrons. The molecule has 0 bridgehead atoms. The lowest BCUT2D eigenvalue weighted by molar-refractivity contribution is 0.0697. The Labute approximate surface area is 117 Å². The van der Waals surface area contributed by atoms with Crippen LogP contribution in [0.3, 0.4) is 0 Å². The van der Waals surface area contributed by atoms with Crippen molar-refractivity contribution in [1.82, 2.24) is 5.32 Å². The molecule has 1 aromatic rings. The number of benzene rings is 1. The molecule has 1 unspecified atom stereocenters. The fraction of sp³-hybridized carbons (Fsp3) is 0.500. The number of hydrogen-bond acceptors (Lipinski definition) is 4. The number of carbonyl (C=O) groups is 1. The summed E-state index contributed by atoms with van der Waals surface area (Å²) in [4.78, 5) is 10.7. The SMILES string of the molecule is O=C(O)c1ccc(OCCNCC2CCSC2)cc1. The van der Waals surface area contributed by atoms with Crippen molar-refractivity contribution in [3.05, 3.63) is 29.8 Å². The zero-order chi connectivity index (χ0) is 13.5. The summed E-state index contributed by atoms with van der Waals surface area (Å²) < 4.78 is 5.54. The van der Waals surface area contributed by atoms with Crippen molar-refractivity contribution in [2.45, 2.75) is 6.42 Å². The quantitative estimate of drug-likeness (QED) is 0.750. The summed E-state index contributed by atoms with van der Waals surface area (Å²) >= 11 is 2.03. The van der Waals surface area contributed by atoms with Gasteiger partial charge in [-0.3, -0.25) is 0 Å². The molecule has 104 valence electrons. The minimum Gasteiger partial charge on any atom is -0.492 e. The maximum atomic E-state index is 10.7. The van der Waals surface area contributed by atoms with Crippen molar-refractivity contribution < 1.29 is 14.6 Å². The van der Waals surface area contributed by atoms with Gasteiger partial charge >= 0.3 is 5.97 Å². The van der Waals surface area contributed by atoms with Gasteiger partial charge in [0, 0.05) is 6.54 Å². The van der Waals surface area contributed by atoms with E-state index in [2.05, 4.69) is 5.32 Å². The van der Waals surface area contributed by atoms with Crippen LogP contribution in [0.4, 0.5) is 0 Å². The van der Waals surface area contributed by atoms with E-state index in [-0.39, 0.29) is 5.56 Å². The molecule has 0 aromatic heterocycles. The normalized spacial score (nSPS) is 18.4. The molecule has 0 amide bonds. The Morgan fingerprint density at radius 2 is 2.21 bits per heavy atom. The van der Waals surface area contributed by atoms with E-state index in [4.69, 9.17) is 9.84 Å². The maximum Gasteiger partial charge on any atom is 0.335 e. The lowest BCUT2D eigenvalue weighted by Crippen LogP contribution is -2.27. The first-order valence-electron chi connectivity index (χ1n) is 6.50. The summed E-state index contributed by atoms with van der Waals surface area (Å²) in [6.07, 6.45) is 1.31. The second-order valence-electron chi connectivity index (χ2n) is 4.61. The average Bonchev–Trinajstić information content (AvgIpc) is 2.92. The van der Waals surface area contributed by atoms with Crippen molar-refractivity contribution in [2.24, 2.45) is 5.92 Å². The summed E-state index contributed by atoms with van der Waals surface area (Å²) in [5.41, 5.74) is 0.282. The van der Waals surface area contributed by atoms with E-state index >= 15 is 0 Å². The van der Waals surface area contributed by atoms with Crippen LogP contribution in [0.15, 0.2) is 24.3 Å². The third-order valence-electron chi connectivity index (χ3n) is 3.11. The second kappa shape index (κ2) is 7.40. The monoisotopic (exact) mass is 281 g/mol. The van der Waals surface area contributed by atoms with Crippen LogP contribution in [0, 0.1) is 5.92 Å². The maximum absolute atomic E-state index is 10.7. The molecule has 0 saturated carbocycles. The number of thioether (sulfide) groups is 1. The van der Waals surface area contributed by atoms with Crippen LogP contribution in [-0.2, 0) is 0 Å². The molecule has 19 heavy (non-hydrogen) atoms. The summed E-state index contributed by atoms with van der Waals surface area (Å²) in [6.45, 7) is 2.49. The highest BCUT2D eigenvalue weighted by molar-refractivity contribution is 7.99. The summed E-state index contributed by atoms with van der Waals surface area (Å²) in [7, 11) is 0. The molecular formula is C14H19NO3S. The standard InChI is InChI=1S/C14H19NO3S/c16-14(17)12-1-3-13(4-2-12)18-7-6-15-9-11-5-8-19-10-11/h1-4,11,15H,5-10H2,(H,16,17). The number of carboxylic acids is 1. The molecule has 1 aromatic carbocycles. The molecule has 1 fully saturated rings. The zero-order valence-electron chi connectivity index (χ0n) is 10.8. The first-order valence-corrected chi connectivity index (χ1v) is 7.66. The van der Waals surface area contributed by atoms with E-state index in [0.29, 0.717) is 12.4 Å². The smallest absolute Gasteiger partial charge is 0.335 e. The molecule has 1 atom stereocenters. The van der Waals surface area contributed by atoms with Crippen LogP contribution < -0.4 is 10.1 Å². The number of rotatable bonds is 7. The minimum atomic E-state index is -0.914. The van der Waals surface area contributed by atoms with E-state index in [9.17, 15) is 4.79 Å². The van der Waals surface area contributed by atoms with Gasteiger partial charge in [-0.1, -0.05) is 0 Å². The van der Waals surface area contributed by atoms with Gasteiger partial charge < -0.3 is 15.2 Å². The van der Waals surface area contributed by atoms with Crippen molar-refractivity contribution >= 4 is 17.7 Å². The van der Waals surface area contributed by atoms with E-state index in [1.807, 2.05) is 11.8 Å². The van der Waals surface area contributed by atoms with Gasteiger partial charge in [0.15, 0.2) is 0 Å². The van der Waals surface area contributed by atoms with Gasteiger partial charge in [-0.25, -0.2) is 4.79 Å². The minimum absolute atomic E-state index is 0.282. The predicted octanol–water partition coefficient (Wildman–Crippen LogP) is 2.11. The molecule has 1 aliphatic heterocycles. The topological polar surface area (TPSA) is 58.6 Å². The highest BCUT2D eigenvalue weighted by Gasteiger charge is 2.14. The Hall–Kier alpha value is -1.20. The summed E-state index contributed by atoms with van der Waals surface area (Å²) in [5.74, 6) is 3.16. The van der Waals surface area contributed by atoms with Crippen molar-refractivity contribution in [3.63, 3.8) is 0 Å². The second-order valence-corrected chi connectivity index (χ2v) is 5.76. The third-order valence-corrected chi connectivity index (χ3v) is 4.34. The van der Waals surface area contributed by atoms with Gasteiger partial charge in [0.2, 0.25) is 0 Å². The molecule has 2 N–H and O–H groups in total. The Morgan fingerprint density at radius 3 is 2.84 bits per heavy atom. The Morgan fingerprint density at radius 1 is 1.42 bits per heavy atom. The van der Waals surface area contributed by atoms with Gasteiger partial charge in [0.1, 0.15) is 12.4 Å². The van der Waals surface area contributed by atoms with Gasteiger partial charge in [0.05, 0.1) is 5.56 Å². The number of nitrogens with one attached hydrogen (secondary N) is 1. The van der Waals surface area contributed by atoms with Crippen LogP contribution in [0.25, 0.3) is 0 Å². The molecule has 5 heteroatoms. The highest BCUT2D eigenvalue weighted by Crippen LogP contribution is 2.22. The zero-order valence-corrected chi connectivity index (χ0v) is 11.6. The van der Waals surface area contributed by atoms with Crippen molar-refractivity contribution in [2.75, 3.05) is 31.2 Å². The van der Waals surface area contributed by atoms with Gasteiger partial charge in [0.25, 0.3) is 0 Å². The first kappa shape index (κ1) is 14.2. The van der Waals surface area contributed by atoms with E-state index in [0.717, 1.165) is 19.0 Å². The van der Waals surface area contributed by atoms with Crippen LogP contribution in [0.5, 0.6) is 5.75 Å². The average molecular weight is 281 g/mol. The van der Waals surface area contributed by atoms with Crippen LogP contribution in [0.2, 0.25) is 0 Å². The Kier molecular flexibility index (Phi) is 5.54. The predicted molar refractivity (Wildman–Crippen MR) is 77.2 cm³/mol. The number of carboxylic acid groups (broad SMARTS) is 1. The summed E-state index contributed by atoms with van der Waals surface area (Å²) in [5, 5.41) is 12.2. The summed E-state index contributed by atoms with van der Waals surface area (Å²) in [6, 6.07) is 6.50. The van der Waals surface area contributed by atoms with Crippen molar-refractivity contribution in [3.8, 4) is 5.75 Å². The highest BCUT2D eigenvalue weighted by atomic mass is 32.2. The van der Waals surface area contributed by atoms with Gasteiger partial charge in [-0.05, 0) is 54.7 Å². The largest absolute Gasteiger partial charge is 0.492 e. The molecule has 1 aliphatic rings. The molecule has 2 rings (SSSR count). The molecule has 1 saturated heterocycles. The van der Waals surface area contributed by atoms with E-state index in [1.54, 1.807) is 24.3 Å². The molecule has 0 spiro atoms. The molecular weight excluding hydrogens is 262 g/mol. The Bertz CT molecular complexity index is 402. The number of hydrogen-bond donors (Lipinski definition) is 2. The molecule has 1 heterocycles. The van der Waals surface area contributed by atoms with Crippen LogP contribution in [0.1, 0.15) is 16.8 Å². The van der Waals surface area contributed by atoms with Gasteiger partial charge in [-0.15, -0.1) is 0 Å². The fourth-order valence-electron chi connectivity index (χ4n) is 1.99. The van der Waals surface area contributed by atoms with Crippen molar-refractivity contribution in [1.29, 1.82) is 0 Å². The van der Waals surface area contributed by atoms with Crippen LogP contribution in [-0.4, -0.2) is 42.3 Å². The van der Waals surface area contributed by atoms with E-state index < -0.39 is 5.97 Å². The third kappa shape index (κ3) is 4.76. The lowest BCUT2D eigenvalue weighted by atomic mass is 10.1. The molecule has 0 aliphatic carbocycles. The van der Waals surface area contributed by atoms with E-state index in [1.165, 1.54) is 17.9 Å². The molecule has 4 nitrogen and oxygen atoms in total. The van der Waals surface area contributed by atoms with Crippen LogP contribution >= 0.6 is 11.8 Å². The first-order chi connectivity index (χ1) is 9.25. The Balaban J connectivity index is 1.61. The lowest BCUT2D eigenvalue weighted by Gasteiger charge is -2.10. The van der Waals surface area contributed by atoms with Gasteiger partial charge in [-0.2, -0.15) is 11.8 Å². The number of aromatic carboxylic acids is 1.